The Morgan fingerprint density at radius 2 is 2.15 bits per heavy atom. The zero-order valence-electron chi connectivity index (χ0n) is 16.5. The van der Waals surface area contributed by atoms with E-state index in [2.05, 4.69) is 55.2 Å². The average Bonchev–Trinajstić information content (AvgIpc) is 3.08. The minimum absolute atomic E-state index is 0.166. The molecule has 3 heterocycles. The molecular weight excluding hydrogens is 338 g/mol. The third-order valence-corrected chi connectivity index (χ3v) is 6.20. The third-order valence-electron chi connectivity index (χ3n) is 6.20. The van der Waals surface area contributed by atoms with Crippen LogP contribution in [0.15, 0.2) is 30.5 Å². The highest BCUT2D eigenvalue weighted by molar-refractivity contribution is 5.78. The summed E-state index contributed by atoms with van der Waals surface area (Å²) in [5, 5.41) is 7.17. The quantitative estimate of drug-likeness (QED) is 0.903. The normalized spacial score (nSPS) is 24.5. The Bertz CT molecular complexity index is 842. The molecular formula is C22H29N3O2. The van der Waals surface area contributed by atoms with Crippen molar-refractivity contribution in [2.75, 3.05) is 13.2 Å². The van der Waals surface area contributed by atoms with Crippen molar-refractivity contribution in [3.05, 3.63) is 52.8 Å². The van der Waals surface area contributed by atoms with Crippen LogP contribution in [0.5, 0.6) is 0 Å². The number of aromatic amines is 1. The SMILES string of the molecule is Cc1ccccc1[C@@]1(CC(=O)N2CCc3[nH]ncc3C2)CCOC(C)(C)C1. The summed E-state index contributed by atoms with van der Waals surface area (Å²) in [6.45, 7) is 8.56. The number of aryl methyl sites for hydroxylation is 1. The molecule has 2 aliphatic heterocycles. The van der Waals surface area contributed by atoms with E-state index in [4.69, 9.17) is 4.74 Å². The zero-order valence-corrected chi connectivity index (χ0v) is 16.5. The first-order valence-corrected chi connectivity index (χ1v) is 9.88. The van der Waals surface area contributed by atoms with E-state index in [0.29, 0.717) is 19.6 Å². The van der Waals surface area contributed by atoms with Gasteiger partial charge in [0.2, 0.25) is 5.91 Å². The van der Waals surface area contributed by atoms with Gasteiger partial charge in [-0.2, -0.15) is 5.10 Å². The zero-order chi connectivity index (χ0) is 19.1. The van der Waals surface area contributed by atoms with Gasteiger partial charge in [0.25, 0.3) is 0 Å². The lowest BCUT2D eigenvalue weighted by Gasteiger charge is -2.46. The molecule has 0 unspecified atom stereocenters. The van der Waals surface area contributed by atoms with Crippen molar-refractivity contribution in [1.29, 1.82) is 0 Å². The molecule has 2 aromatic rings. The second kappa shape index (κ2) is 6.79. The van der Waals surface area contributed by atoms with E-state index in [1.807, 2.05) is 11.1 Å². The highest BCUT2D eigenvalue weighted by Gasteiger charge is 2.45. The molecule has 2 aliphatic rings. The minimum atomic E-state index is -0.222. The summed E-state index contributed by atoms with van der Waals surface area (Å²) in [7, 11) is 0. The van der Waals surface area contributed by atoms with Gasteiger partial charge in [0.15, 0.2) is 0 Å². The number of fused-ring (bicyclic) bond motifs is 1. The number of benzene rings is 1. The topological polar surface area (TPSA) is 58.2 Å². The molecule has 1 saturated heterocycles. The van der Waals surface area contributed by atoms with Crippen LogP contribution in [0.1, 0.15) is 55.5 Å². The molecule has 0 aliphatic carbocycles. The summed E-state index contributed by atoms with van der Waals surface area (Å²) < 4.78 is 6.01. The number of nitrogens with zero attached hydrogens (tertiary/aromatic N) is 2. The lowest BCUT2D eigenvalue weighted by atomic mass is 9.66. The Kier molecular flexibility index (Phi) is 4.58. The van der Waals surface area contributed by atoms with Crippen LogP contribution in [0.2, 0.25) is 0 Å². The van der Waals surface area contributed by atoms with Crippen LogP contribution >= 0.6 is 0 Å². The summed E-state index contributed by atoms with van der Waals surface area (Å²) in [5.41, 5.74) is 4.49. The van der Waals surface area contributed by atoms with Gasteiger partial charge in [0.1, 0.15) is 0 Å². The fourth-order valence-corrected chi connectivity index (χ4v) is 4.96. The monoisotopic (exact) mass is 367 g/mol. The van der Waals surface area contributed by atoms with Crippen molar-refractivity contribution in [3.63, 3.8) is 0 Å². The first-order chi connectivity index (χ1) is 12.9. The predicted molar refractivity (Wildman–Crippen MR) is 104 cm³/mol. The molecule has 27 heavy (non-hydrogen) atoms. The molecule has 0 bridgehead atoms. The molecule has 5 nitrogen and oxygen atoms in total. The van der Waals surface area contributed by atoms with E-state index in [-0.39, 0.29) is 16.9 Å². The summed E-state index contributed by atoms with van der Waals surface area (Å²) in [6, 6.07) is 8.52. The smallest absolute Gasteiger partial charge is 0.223 e. The molecule has 0 saturated carbocycles. The van der Waals surface area contributed by atoms with Crippen LogP contribution in [0, 0.1) is 6.92 Å². The van der Waals surface area contributed by atoms with Crippen molar-refractivity contribution < 1.29 is 9.53 Å². The molecule has 144 valence electrons. The third kappa shape index (κ3) is 3.53. The number of carbonyl (C=O) groups excluding carboxylic acids is 1. The fraction of sp³-hybridized carbons (Fsp3) is 0.545. The van der Waals surface area contributed by atoms with Crippen LogP contribution in [-0.2, 0) is 27.9 Å². The number of carbonyl (C=O) groups is 1. The Balaban J connectivity index is 1.62. The van der Waals surface area contributed by atoms with E-state index < -0.39 is 0 Å². The average molecular weight is 367 g/mol. The van der Waals surface area contributed by atoms with Gasteiger partial charge in [0.05, 0.1) is 11.8 Å². The predicted octanol–water partition coefficient (Wildman–Crippen LogP) is 3.52. The number of amides is 1. The van der Waals surface area contributed by atoms with E-state index in [0.717, 1.165) is 31.4 Å². The maximum Gasteiger partial charge on any atom is 0.223 e. The molecule has 0 radical (unpaired) electrons. The molecule has 0 spiro atoms. The van der Waals surface area contributed by atoms with Crippen LogP contribution < -0.4 is 0 Å². The summed E-state index contributed by atoms with van der Waals surface area (Å²) >= 11 is 0. The first-order valence-electron chi connectivity index (χ1n) is 9.88. The van der Waals surface area contributed by atoms with E-state index in [1.54, 1.807) is 0 Å². The number of H-pyrrole nitrogens is 1. The second-order valence-corrected chi connectivity index (χ2v) is 8.75. The number of aromatic nitrogens is 2. The lowest BCUT2D eigenvalue weighted by molar-refractivity contribution is -0.137. The highest BCUT2D eigenvalue weighted by atomic mass is 16.5. The van der Waals surface area contributed by atoms with Gasteiger partial charge in [0, 0.05) is 49.2 Å². The number of hydrogen-bond donors (Lipinski definition) is 1. The number of nitrogens with one attached hydrogen (secondary N) is 1. The van der Waals surface area contributed by atoms with Gasteiger partial charge in [-0.25, -0.2) is 0 Å². The van der Waals surface area contributed by atoms with Crippen LogP contribution in [0.4, 0.5) is 0 Å². The van der Waals surface area contributed by atoms with Crippen LogP contribution in [-0.4, -0.2) is 39.8 Å². The number of rotatable bonds is 3. The lowest BCUT2D eigenvalue weighted by Crippen LogP contribution is -2.48. The standard InChI is InChI=1S/C22H29N3O2/c1-16-6-4-5-7-18(16)22(9-11-27-21(2,3)15-22)12-20(26)25-10-8-19-17(14-25)13-23-24-19/h4-7,13H,8-12,14-15H2,1-3H3,(H,23,24)/t22-/m1/s1. The summed E-state index contributed by atoms with van der Waals surface area (Å²) in [5.74, 6) is 0.239. The van der Waals surface area contributed by atoms with Crippen molar-refractivity contribution in [2.24, 2.45) is 0 Å². The van der Waals surface area contributed by atoms with Crippen molar-refractivity contribution in [1.82, 2.24) is 15.1 Å². The molecule has 1 aromatic heterocycles. The van der Waals surface area contributed by atoms with Gasteiger partial charge in [-0.15, -0.1) is 0 Å². The molecule has 1 atom stereocenters. The highest BCUT2D eigenvalue weighted by Crippen LogP contribution is 2.45. The van der Waals surface area contributed by atoms with Crippen molar-refractivity contribution in [3.8, 4) is 0 Å². The summed E-state index contributed by atoms with van der Waals surface area (Å²) in [4.78, 5) is 15.4. The van der Waals surface area contributed by atoms with Gasteiger partial charge in [-0.05, 0) is 44.7 Å². The van der Waals surface area contributed by atoms with E-state index in [1.165, 1.54) is 16.8 Å². The maximum absolute atomic E-state index is 13.4. The van der Waals surface area contributed by atoms with Crippen molar-refractivity contribution in [2.45, 2.75) is 64.0 Å². The Labute approximate surface area is 161 Å². The van der Waals surface area contributed by atoms with Gasteiger partial charge in [-0.1, -0.05) is 24.3 Å². The van der Waals surface area contributed by atoms with Crippen molar-refractivity contribution >= 4 is 5.91 Å². The Hall–Kier alpha value is -2.14. The fourth-order valence-electron chi connectivity index (χ4n) is 4.96. The molecule has 1 N–H and O–H groups in total. The van der Waals surface area contributed by atoms with Gasteiger partial charge in [-0.3, -0.25) is 9.89 Å². The molecule has 1 aromatic carbocycles. The molecule has 1 amide bonds. The van der Waals surface area contributed by atoms with E-state index in [9.17, 15) is 4.79 Å². The first kappa shape index (κ1) is 18.2. The Morgan fingerprint density at radius 3 is 2.93 bits per heavy atom. The van der Waals surface area contributed by atoms with Gasteiger partial charge >= 0.3 is 0 Å². The van der Waals surface area contributed by atoms with Crippen LogP contribution in [0.3, 0.4) is 0 Å². The number of hydrogen-bond acceptors (Lipinski definition) is 3. The van der Waals surface area contributed by atoms with Crippen LogP contribution in [0.25, 0.3) is 0 Å². The maximum atomic E-state index is 13.4. The van der Waals surface area contributed by atoms with Gasteiger partial charge < -0.3 is 9.64 Å². The summed E-state index contributed by atoms with van der Waals surface area (Å²) in [6.07, 6.45) is 4.99. The molecule has 1 fully saturated rings. The van der Waals surface area contributed by atoms with E-state index >= 15 is 0 Å². The second-order valence-electron chi connectivity index (χ2n) is 8.75. The minimum Gasteiger partial charge on any atom is -0.376 e. The Morgan fingerprint density at radius 1 is 1.33 bits per heavy atom. The largest absolute Gasteiger partial charge is 0.376 e. The molecule has 4 rings (SSSR count). The number of ether oxygens (including phenoxy) is 1. The molecule has 5 heteroatoms.